The van der Waals surface area contributed by atoms with Gasteiger partial charge in [0, 0.05) is 18.7 Å². The summed E-state index contributed by atoms with van der Waals surface area (Å²) in [6, 6.07) is 17.5. The summed E-state index contributed by atoms with van der Waals surface area (Å²) < 4.78 is 0. The average molecular weight is 413 g/mol. The molecule has 0 aliphatic carbocycles. The van der Waals surface area contributed by atoms with Gasteiger partial charge in [0.25, 0.3) is 0 Å². The van der Waals surface area contributed by atoms with Gasteiger partial charge in [0.2, 0.25) is 5.91 Å². The molecule has 2 aliphatic rings. The number of nitrogens with zero attached hydrogens (tertiary/aromatic N) is 4. The minimum atomic E-state index is -0.569. The molecule has 3 heterocycles. The summed E-state index contributed by atoms with van der Waals surface area (Å²) >= 11 is 0. The highest BCUT2D eigenvalue weighted by Gasteiger charge is 2.49. The molecule has 1 fully saturated rings. The first-order chi connectivity index (χ1) is 15.1. The molecule has 1 aromatic heterocycles. The van der Waals surface area contributed by atoms with Gasteiger partial charge in [-0.15, -0.1) is 0 Å². The third-order valence-corrected chi connectivity index (χ3v) is 6.38. The number of nitrogens with two attached hydrogens (primary N) is 1. The number of hydrogen-bond acceptors (Lipinski definition) is 4. The zero-order chi connectivity index (χ0) is 21.4. The largest absolute Gasteiger partial charge is 0.351 e. The summed E-state index contributed by atoms with van der Waals surface area (Å²) in [6.45, 7) is 0.978. The van der Waals surface area contributed by atoms with E-state index < -0.39 is 11.6 Å². The third kappa shape index (κ3) is 3.22. The highest BCUT2D eigenvalue weighted by atomic mass is 16.2. The minimum absolute atomic E-state index is 0.00649. The van der Waals surface area contributed by atoms with Gasteiger partial charge < -0.3 is 10.6 Å². The van der Waals surface area contributed by atoms with Crippen LogP contribution >= 0.6 is 0 Å². The number of amides is 3. The van der Waals surface area contributed by atoms with Crippen molar-refractivity contribution in [3.8, 4) is 11.3 Å². The standard InChI is InChI=1S/C24H23N5O2/c25-23(31)28-12-10-24(11-13-28)19-9-5-4-8-18(19)14-22(30)29(24)21-16-26-20(15-27-21)17-6-2-1-3-7-17/h1-9,15-16H,10-14H2,(H2,25,31). The summed E-state index contributed by atoms with van der Waals surface area (Å²) in [6.07, 6.45) is 4.91. The van der Waals surface area contributed by atoms with E-state index in [1.807, 2.05) is 48.5 Å². The Morgan fingerprint density at radius 1 is 0.935 bits per heavy atom. The first kappa shape index (κ1) is 19.2. The second-order valence-corrected chi connectivity index (χ2v) is 8.05. The smallest absolute Gasteiger partial charge is 0.314 e. The van der Waals surface area contributed by atoms with Crippen molar-refractivity contribution in [2.75, 3.05) is 18.0 Å². The SMILES string of the molecule is NC(=O)N1CCC2(CC1)c1ccccc1CC(=O)N2c1cnc(-c2ccccc2)cn1. The molecule has 31 heavy (non-hydrogen) atoms. The lowest BCUT2D eigenvalue weighted by Gasteiger charge is -2.51. The highest BCUT2D eigenvalue weighted by Crippen LogP contribution is 2.45. The van der Waals surface area contributed by atoms with Crippen LogP contribution in [0, 0.1) is 0 Å². The fourth-order valence-corrected chi connectivity index (χ4v) is 4.86. The lowest BCUT2D eigenvalue weighted by atomic mass is 9.74. The van der Waals surface area contributed by atoms with E-state index in [1.54, 1.807) is 22.2 Å². The number of urea groups is 1. The molecular formula is C24H23N5O2. The van der Waals surface area contributed by atoms with Crippen molar-refractivity contribution in [2.24, 2.45) is 5.73 Å². The Morgan fingerprint density at radius 3 is 2.32 bits per heavy atom. The number of carbonyl (C=O) groups is 2. The number of aromatic nitrogens is 2. The summed E-state index contributed by atoms with van der Waals surface area (Å²) in [5.74, 6) is 0.527. The number of anilines is 1. The summed E-state index contributed by atoms with van der Waals surface area (Å²) in [5, 5.41) is 0. The number of piperidine rings is 1. The molecule has 0 saturated carbocycles. The number of primary amides is 1. The Balaban J connectivity index is 1.56. The second kappa shape index (κ2) is 7.50. The normalized spacial score (nSPS) is 17.5. The van der Waals surface area contributed by atoms with Crippen LogP contribution in [-0.2, 0) is 16.8 Å². The van der Waals surface area contributed by atoms with Crippen molar-refractivity contribution in [1.82, 2.24) is 14.9 Å². The Hall–Kier alpha value is -3.74. The maximum Gasteiger partial charge on any atom is 0.314 e. The number of carbonyl (C=O) groups excluding carboxylic acids is 2. The zero-order valence-electron chi connectivity index (χ0n) is 17.1. The number of rotatable bonds is 2. The molecule has 7 heteroatoms. The predicted octanol–water partition coefficient (Wildman–Crippen LogP) is 3.10. The fraction of sp³-hybridized carbons (Fsp3) is 0.250. The van der Waals surface area contributed by atoms with Crippen LogP contribution in [0.3, 0.4) is 0 Å². The van der Waals surface area contributed by atoms with E-state index in [0.29, 0.717) is 38.2 Å². The van der Waals surface area contributed by atoms with Crippen molar-refractivity contribution in [3.05, 3.63) is 78.1 Å². The van der Waals surface area contributed by atoms with Gasteiger partial charge in [-0.25, -0.2) is 9.78 Å². The van der Waals surface area contributed by atoms with Crippen LogP contribution in [0.2, 0.25) is 0 Å². The van der Waals surface area contributed by atoms with E-state index >= 15 is 0 Å². The van der Waals surface area contributed by atoms with Crippen LogP contribution in [0.4, 0.5) is 10.6 Å². The molecule has 0 unspecified atom stereocenters. The van der Waals surface area contributed by atoms with Crippen molar-refractivity contribution < 1.29 is 9.59 Å². The molecule has 1 saturated heterocycles. The highest BCUT2D eigenvalue weighted by molar-refractivity contribution is 5.98. The van der Waals surface area contributed by atoms with Crippen molar-refractivity contribution in [3.63, 3.8) is 0 Å². The van der Waals surface area contributed by atoms with Gasteiger partial charge in [0.05, 0.1) is 30.0 Å². The molecular weight excluding hydrogens is 390 g/mol. The second-order valence-electron chi connectivity index (χ2n) is 8.05. The van der Waals surface area contributed by atoms with E-state index in [-0.39, 0.29) is 5.91 Å². The van der Waals surface area contributed by atoms with Gasteiger partial charge in [-0.05, 0) is 24.0 Å². The van der Waals surface area contributed by atoms with Gasteiger partial charge in [-0.1, -0.05) is 54.6 Å². The molecule has 1 spiro atoms. The van der Waals surface area contributed by atoms with Crippen LogP contribution in [0.1, 0.15) is 24.0 Å². The monoisotopic (exact) mass is 413 g/mol. The summed E-state index contributed by atoms with van der Waals surface area (Å²) in [5.41, 5.74) is 8.82. The van der Waals surface area contributed by atoms with Crippen LogP contribution in [0.25, 0.3) is 11.3 Å². The van der Waals surface area contributed by atoms with Gasteiger partial charge in [0.1, 0.15) is 0 Å². The molecule has 2 aromatic carbocycles. The van der Waals surface area contributed by atoms with Gasteiger partial charge in [0.15, 0.2) is 5.82 Å². The number of likely N-dealkylation sites (tertiary alicyclic amines) is 1. The molecule has 0 atom stereocenters. The number of hydrogen-bond donors (Lipinski definition) is 1. The minimum Gasteiger partial charge on any atom is -0.351 e. The van der Waals surface area contributed by atoms with E-state index in [9.17, 15) is 9.59 Å². The number of fused-ring (bicyclic) bond motifs is 2. The first-order valence-corrected chi connectivity index (χ1v) is 10.4. The maximum atomic E-state index is 13.4. The first-order valence-electron chi connectivity index (χ1n) is 10.4. The molecule has 156 valence electrons. The molecule has 5 rings (SSSR count). The lowest BCUT2D eigenvalue weighted by Crippen LogP contribution is -2.60. The van der Waals surface area contributed by atoms with E-state index in [1.165, 1.54) is 0 Å². The van der Waals surface area contributed by atoms with E-state index in [4.69, 9.17) is 5.73 Å². The van der Waals surface area contributed by atoms with Crippen LogP contribution in [-0.4, -0.2) is 39.9 Å². The van der Waals surface area contributed by atoms with Gasteiger partial charge in [-0.2, -0.15) is 0 Å². The third-order valence-electron chi connectivity index (χ3n) is 6.38. The van der Waals surface area contributed by atoms with Crippen LogP contribution in [0.15, 0.2) is 67.0 Å². The van der Waals surface area contributed by atoms with Crippen molar-refractivity contribution >= 4 is 17.8 Å². The number of benzene rings is 2. The molecule has 2 aliphatic heterocycles. The lowest BCUT2D eigenvalue weighted by molar-refractivity contribution is -0.120. The summed E-state index contributed by atoms with van der Waals surface area (Å²) in [4.78, 5) is 37.7. The Bertz CT molecular complexity index is 1120. The Labute approximate surface area is 180 Å². The zero-order valence-corrected chi connectivity index (χ0v) is 17.1. The van der Waals surface area contributed by atoms with Crippen molar-refractivity contribution in [1.29, 1.82) is 0 Å². The molecule has 0 radical (unpaired) electrons. The maximum absolute atomic E-state index is 13.4. The molecule has 3 amide bonds. The molecule has 2 N–H and O–H groups in total. The van der Waals surface area contributed by atoms with Crippen LogP contribution in [0.5, 0.6) is 0 Å². The molecule has 3 aromatic rings. The van der Waals surface area contributed by atoms with E-state index in [2.05, 4.69) is 16.0 Å². The average Bonchev–Trinajstić information content (AvgIpc) is 2.80. The molecule has 7 nitrogen and oxygen atoms in total. The topological polar surface area (TPSA) is 92.4 Å². The molecule has 0 bridgehead atoms. The van der Waals surface area contributed by atoms with Crippen LogP contribution < -0.4 is 10.6 Å². The van der Waals surface area contributed by atoms with Crippen molar-refractivity contribution in [2.45, 2.75) is 24.8 Å². The Morgan fingerprint density at radius 2 is 1.65 bits per heavy atom. The van der Waals surface area contributed by atoms with E-state index in [0.717, 1.165) is 22.4 Å². The van der Waals surface area contributed by atoms with Gasteiger partial charge in [-0.3, -0.25) is 14.7 Å². The van der Waals surface area contributed by atoms with Gasteiger partial charge >= 0.3 is 6.03 Å². The predicted molar refractivity (Wildman–Crippen MR) is 117 cm³/mol. The summed E-state index contributed by atoms with van der Waals surface area (Å²) in [7, 11) is 0. The quantitative estimate of drug-likeness (QED) is 0.699. The Kier molecular flexibility index (Phi) is 4.66. The fourth-order valence-electron chi connectivity index (χ4n) is 4.86.